The minimum absolute atomic E-state index is 0.0303. The van der Waals surface area contributed by atoms with Gasteiger partial charge in [0.25, 0.3) is 0 Å². The van der Waals surface area contributed by atoms with Gasteiger partial charge >= 0.3 is 6.03 Å². The van der Waals surface area contributed by atoms with E-state index in [1.54, 1.807) is 17.3 Å². The largest absolute Gasteiger partial charge is 0.396 e. The van der Waals surface area contributed by atoms with Crippen LogP contribution in [0, 0.1) is 5.92 Å². The van der Waals surface area contributed by atoms with Crippen molar-refractivity contribution in [1.82, 2.24) is 15.2 Å². The second kappa shape index (κ2) is 10.1. The Labute approximate surface area is 160 Å². The third kappa shape index (κ3) is 5.71. The normalized spacial score (nSPS) is 12.0. The topological polar surface area (TPSA) is 65.5 Å². The molecule has 2 amide bonds. The van der Waals surface area contributed by atoms with Gasteiger partial charge in [-0.15, -0.1) is 0 Å². The number of benzene rings is 1. The third-order valence-electron chi connectivity index (χ3n) is 4.18. The molecule has 26 heavy (non-hydrogen) atoms. The Morgan fingerprint density at radius 3 is 2.65 bits per heavy atom. The summed E-state index contributed by atoms with van der Waals surface area (Å²) in [6.45, 7) is 4.99. The maximum Gasteiger partial charge on any atom is 0.318 e. The highest BCUT2D eigenvalue weighted by Crippen LogP contribution is 2.22. The summed E-state index contributed by atoms with van der Waals surface area (Å²) in [4.78, 5) is 18.8. The Morgan fingerprint density at radius 1 is 1.27 bits per heavy atom. The molecule has 1 aromatic carbocycles. The molecule has 1 heterocycles. The SMILES string of the molecule is CC(C)[C@@H](NC(=O)N(CCCO)Cc1ccccc1Cl)c1cccnc1. The van der Waals surface area contributed by atoms with Gasteiger partial charge in [0.05, 0.1) is 6.04 Å². The lowest BCUT2D eigenvalue weighted by molar-refractivity contribution is 0.179. The number of aromatic nitrogens is 1. The Hall–Kier alpha value is -2.11. The summed E-state index contributed by atoms with van der Waals surface area (Å²) in [6.07, 6.45) is 4.00. The van der Waals surface area contributed by atoms with Crippen LogP contribution in [-0.4, -0.2) is 34.2 Å². The van der Waals surface area contributed by atoms with Crippen LogP contribution in [0.25, 0.3) is 0 Å². The number of nitrogens with zero attached hydrogens (tertiary/aromatic N) is 2. The van der Waals surface area contributed by atoms with Gasteiger partial charge in [-0.3, -0.25) is 4.98 Å². The zero-order chi connectivity index (χ0) is 18.9. The minimum atomic E-state index is -0.180. The molecule has 0 aliphatic carbocycles. The zero-order valence-corrected chi connectivity index (χ0v) is 16.0. The standard InChI is InChI=1S/C20H26ClN3O2/c1-15(2)19(16-8-5-10-22-13-16)23-20(26)24(11-6-12-25)14-17-7-3-4-9-18(17)21/h3-5,7-10,13,15,19,25H,6,11-12,14H2,1-2H3,(H,23,26)/t19-/m1/s1. The van der Waals surface area contributed by atoms with E-state index in [0.717, 1.165) is 11.1 Å². The van der Waals surface area contributed by atoms with E-state index in [4.69, 9.17) is 11.6 Å². The van der Waals surface area contributed by atoms with Crippen molar-refractivity contribution in [2.45, 2.75) is 32.9 Å². The molecule has 0 spiro atoms. The highest BCUT2D eigenvalue weighted by molar-refractivity contribution is 6.31. The monoisotopic (exact) mass is 375 g/mol. The summed E-state index contributed by atoms with van der Waals surface area (Å²) < 4.78 is 0. The van der Waals surface area contributed by atoms with E-state index in [0.29, 0.717) is 24.5 Å². The second-order valence-corrected chi connectivity index (χ2v) is 6.95. The maximum atomic E-state index is 12.9. The Morgan fingerprint density at radius 2 is 2.04 bits per heavy atom. The van der Waals surface area contributed by atoms with Crippen LogP contribution in [0.4, 0.5) is 4.79 Å². The molecule has 6 heteroatoms. The second-order valence-electron chi connectivity index (χ2n) is 6.55. The predicted octanol–water partition coefficient (Wildman–Crippen LogP) is 4.03. The number of rotatable bonds is 8. The molecule has 0 saturated carbocycles. The summed E-state index contributed by atoms with van der Waals surface area (Å²) in [5.74, 6) is 0.211. The lowest BCUT2D eigenvalue weighted by Gasteiger charge is -2.29. The van der Waals surface area contributed by atoms with Crippen LogP contribution in [0.15, 0.2) is 48.8 Å². The van der Waals surface area contributed by atoms with Crippen molar-refractivity contribution in [3.05, 3.63) is 64.9 Å². The van der Waals surface area contributed by atoms with Crippen molar-refractivity contribution in [2.24, 2.45) is 5.92 Å². The van der Waals surface area contributed by atoms with Gasteiger partial charge in [-0.05, 0) is 35.6 Å². The van der Waals surface area contributed by atoms with E-state index in [1.165, 1.54) is 0 Å². The quantitative estimate of drug-likeness (QED) is 0.732. The van der Waals surface area contributed by atoms with Crippen LogP contribution in [0.5, 0.6) is 0 Å². The van der Waals surface area contributed by atoms with Gasteiger partial charge in [0.2, 0.25) is 0 Å². The van der Waals surface area contributed by atoms with E-state index in [1.807, 2.05) is 36.4 Å². The molecule has 2 aromatic rings. The number of carbonyl (C=O) groups excluding carboxylic acids is 1. The van der Waals surface area contributed by atoms with E-state index in [9.17, 15) is 9.90 Å². The maximum absolute atomic E-state index is 12.9. The third-order valence-corrected chi connectivity index (χ3v) is 4.55. The summed E-state index contributed by atoms with van der Waals surface area (Å²) in [7, 11) is 0. The lowest BCUT2D eigenvalue weighted by atomic mass is 9.97. The highest BCUT2D eigenvalue weighted by atomic mass is 35.5. The average Bonchev–Trinajstić information content (AvgIpc) is 2.64. The van der Waals surface area contributed by atoms with Crippen LogP contribution >= 0.6 is 11.6 Å². The van der Waals surface area contributed by atoms with Crippen LogP contribution in [0.2, 0.25) is 5.02 Å². The molecule has 1 atom stereocenters. The number of pyridine rings is 1. The number of aliphatic hydroxyl groups is 1. The van der Waals surface area contributed by atoms with Gasteiger partial charge < -0.3 is 15.3 Å². The average molecular weight is 376 g/mol. The van der Waals surface area contributed by atoms with Crippen molar-refractivity contribution in [2.75, 3.05) is 13.2 Å². The van der Waals surface area contributed by atoms with Crippen molar-refractivity contribution < 1.29 is 9.90 Å². The Balaban J connectivity index is 2.15. The molecule has 2 N–H and O–H groups in total. The zero-order valence-electron chi connectivity index (χ0n) is 15.2. The summed E-state index contributed by atoms with van der Waals surface area (Å²) in [6, 6.07) is 11.0. The minimum Gasteiger partial charge on any atom is -0.396 e. The molecule has 2 rings (SSSR count). The molecular weight excluding hydrogens is 350 g/mol. The molecule has 0 unspecified atom stereocenters. The fourth-order valence-electron chi connectivity index (χ4n) is 2.77. The van der Waals surface area contributed by atoms with Gasteiger partial charge in [0, 0.05) is 37.1 Å². The van der Waals surface area contributed by atoms with Crippen LogP contribution in [-0.2, 0) is 6.54 Å². The Kier molecular flexibility index (Phi) is 7.88. The van der Waals surface area contributed by atoms with Crippen LogP contribution < -0.4 is 5.32 Å². The van der Waals surface area contributed by atoms with Gasteiger partial charge in [-0.1, -0.05) is 49.7 Å². The number of hydrogen-bond acceptors (Lipinski definition) is 3. The number of carbonyl (C=O) groups is 1. The number of hydrogen-bond donors (Lipinski definition) is 2. The van der Waals surface area contributed by atoms with E-state index < -0.39 is 0 Å². The smallest absolute Gasteiger partial charge is 0.318 e. The van der Waals surface area contributed by atoms with E-state index in [-0.39, 0.29) is 24.6 Å². The first-order chi connectivity index (χ1) is 12.5. The fraction of sp³-hybridized carbons (Fsp3) is 0.400. The predicted molar refractivity (Wildman–Crippen MR) is 104 cm³/mol. The first kappa shape index (κ1) is 20.2. The molecule has 0 aliphatic rings. The number of amides is 2. The first-order valence-corrected chi connectivity index (χ1v) is 9.20. The molecule has 140 valence electrons. The van der Waals surface area contributed by atoms with Crippen LogP contribution in [0.3, 0.4) is 0 Å². The number of urea groups is 1. The van der Waals surface area contributed by atoms with Crippen molar-refractivity contribution in [3.63, 3.8) is 0 Å². The number of aliphatic hydroxyl groups excluding tert-OH is 1. The van der Waals surface area contributed by atoms with Crippen molar-refractivity contribution >= 4 is 17.6 Å². The Bertz CT molecular complexity index is 694. The molecule has 5 nitrogen and oxygen atoms in total. The fourth-order valence-corrected chi connectivity index (χ4v) is 2.96. The number of nitrogens with one attached hydrogen (secondary N) is 1. The van der Waals surface area contributed by atoms with E-state index in [2.05, 4.69) is 24.1 Å². The van der Waals surface area contributed by atoms with Crippen molar-refractivity contribution in [3.8, 4) is 0 Å². The highest BCUT2D eigenvalue weighted by Gasteiger charge is 2.22. The van der Waals surface area contributed by atoms with Crippen LogP contribution in [0.1, 0.15) is 37.4 Å². The number of halogens is 1. The summed E-state index contributed by atoms with van der Waals surface area (Å²) >= 11 is 6.24. The molecular formula is C20H26ClN3O2. The van der Waals surface area contributed by atoms with E-state index >= 15 is 0 Å². The van der Waals surface area contributed by atoms with Gasteiger partial charge in [0.15, 0.2) is 0 Å². The molecule has 0 bridgehead atoms. The summed E-state index contributed by atoms with van der Waals surface area (Å²) in [5.41, 5.74) is 1.85. The molecule has 0 aliphatic heterocycles. The summed E-state index contributed by atoms with van der Waals surface area (Å²) in [5, 5.41) is 12.9. The molecule has 0 saturated heterocycles. The molecule has 0 fully saturated rings. The lowest BCUT2D eigenvalue weighted by Crippen LogP contribution is -2.43. The molecule has 0 radical (unpaired) electrons. The van der Waals surface area contributed by atoms with Crippen molar-refractivity contribution in [1.29, 1.82) is 0 Å². The van der Waals surface area contributed by atoms with Gasteiger partial charge in [0.1, 0.15) is 0 Å². The molecule has 1 aromatic heterocycles. The first-order valence-electron chi connectivity index (χ1n) is 8.82. The van der Waals surface area contributed by atoms with Gasteiger partial charge in [-0.2, -0.15) is 0 Å². The van der Waals surface area contributed by atoms with Gasteiger partial charge in [-0.25, -0.2) is 4.79 Å².